The van der Waals surface area contributed by atoms with Crippen LogP contribution in [0, 0.1) is 5.92 Å². The molecule has 0 amide bonds. The molecular formula is C20H22O4. The third-order valence-corrected chi connectivity index (χ3v) is 5.01. The average molecular weight is 326 g/mol. The van der Waals surface area contributed by atoms with E-state index in [1.165, 1.54) is 0 Å². The molecule has 0 radical (unpaired) electrons. The molecule has 1 saturated carbocycles. The highest BCUT2D eigenvalue weighted by molar-refractivity contribution is 6.03. The molecule has 24 heavy (non-hydrogen) atoms. The summed E-state index contributed by atoms with van der Waals surface area (Å²) in [7, 11) is 0. The van der Waals surface area contributed by atoms with Gasteiger partial charge >= 0.3 is 5.97 Å². The Hall–Kier alpha value is -2.32. The van der Waals surface area contributed by atoms with Gasteiger partial charge in [0.05, 0.1) is 23.7 Å². The number of para-hydroxylation sites is 1. The van der Waals surface area contributed by atoms with Crippen LogP contribution in [0.2, 0.25) is 0 Å². The number of Topliss-reactive ketones (excluding diaryl/α,β-unsaturated/α-hetero) is 1. The van der Waals surface area contributed by atoms with Crippen LogP contribution in [0.15, 0.2) is 42.1 Å². The molecule has 1 fully saturated rings. The summed E-state index contributed by atoms with van der Waals surface area (Å²) in [5, 5.41) is 0. The van der Waals surface area contributed by atoms with Crippen molar-refractivity contribution in [3.8, 4) is 5.75 Å². The van der Waals surface area contributed by atoms with Crippen LogP contribution in [0.25, 0.3) is 0 Å². The monoisotopic (exact) mass is 326 g/mol. The molecule has 0 N–H and O–H groups in total. The minimum absolute atomic E-state index is 0.0378. The second-order valence-electron chi connectivity index (χ2n) is 6.37. The van der Waals surface area contributed by atoms with Crippen molar-refractivity contribution in [1.29, 1.82) is 0 Å². The van der Waals surface area contributed by atoms with E-state index in [9.17, 15) is 9.59 Å². The topological polar surface area (TPSA) is 52.6 Å². The lowest BCUT2D eigenvalue weighted by Crippen LogP contribution is -2.49. The van der Waals surface area contributed by atoms with Crippen molar-refractivity contribution in [1.82, 2.24) is 0 Å². The van der Waals surface area contributed by atoms with Crippen molar-refractivity contribution >= 4 is 11.8 Å². The van der Waals surface area contributed by atoms with Gasteiger partial charge in [0.25, 0.3) is 0 Å². The standard InChI is InChI=1S/C20H22O4/c1-3-14(19(22)23-4-2)13-16-18(21)15-9-5-6-10-17(15)24-20(16)11-7-8-12-20/h5-6,9-10,16H,1,4,7-8,11-13H2,2H3/t16-/m0/s1. The SMILES string of the molecule is C=C=C(C[C@H]1C(=O)c2ccccc2OC12CCCC2)C(=O)OCC. The zero-order valence-corrected chi connectivity index (χ0v) is 14.0. The highest BCUT2D eigenvalue weighted by Gasteiger charge is 2.51. The Bertz CT molecular complexity index is 706. The lowest BCUT2D eigenvalue weighted by molar-refractivity contribution is -0.138. The fourth-order valence-electron chi connectivity index (χ4n) is 3.83. The van der Waals surface area contributed by atoms with Gasteiger partial charge in [0, 0.05) is 6.42 Å². The number of esters is 1. The fraction of sp³-hybridized carbons (Fsp3) is 0.450. The van der Waals surface area contributed by atoms with Crippen LogP contribution in [0.1, 0.15) is 49.4 Å². The first-order chi connectivity index (χ1) is 11.6. The van der Waals surface area contributed by atoms with Gasteiger partial charge in [0.15, 0.2) is 5.78 Å². The molecular weight excluding hydrogens is 304 g/mol. The van der Waals surface area contributed by atoms with Gasteiger partial charge in [0.1, 0.15) is 11.4 Å². The number of ketones is 1. The molecule has 0 bridgehead atoms. The summed E-state index contributed by atoms with van der Waals surface area (Å²) in [6.07, 6.45) is 3.96. The molecule has 4 heteroatoms. The molecule has 2 aliphatic rings. The highest BCUT2D eigenvalue weighted by Crippen LogP contribution is 2.48. The molecule has 3 rings (SSSR count). The largest absolute Gasteiger partial charge is 0.486 e. The van der Waals surface area contributed by atoms with Crippen LogP contribution in [0.4, 0.5) is 0 Å². The second kappa shape index (κ2) is 6.66. The minimum Gasteiger partial charge on any atom is -0.486 e. The minimum atomic E-state index is -0.528. The van der Waals surface area contributed by atoms with Crippen molar-refractivity contribution in [2.75, 3.05) is 6.61 Å². The van der Waals surface area contributed by atoms with Crippen LogP contribution in [-0.2, 0) is 9.53 Å². The number of carbonyl (C=O) groups excluding carboxylic acids is 2. The van der Waals surface area contributed by atoms with E-state index in [1.54, 1.807) is 13.0 Å². The van der Waals surface area contributed by atoms with E-state index in [0.29, 0.717) is 16.9 Å². The van der Waals surface area contributed by atoms with E-state index in [0.717, 1.165) is 25.7 Å². The zero-order chi connectivity index (χ0) is 17.2. The maximum Gasteiger partial charge on any atom is 0.341 e. The predicted molar refractivity (Wildman–Crippen MR) is 90.0 cm³/mol. The van der Waals surface area contributed by atoms with E-state index in [2.05, 4.69) is 12.3 Å². The van der Waals surface area contributed by atoms with E-state index in [-0.39, 0.29) is 18.8 Å². The van der Waals surface area contributed by atoms with Crippen LogP contribution in [0.3, 0.4) is 0 Å². The third-order valence-electron chi connectivity index (χ3n) is 5.01. The summed E-state index contributed by atoms with van der Waals surface area (Å²) in [6, 6.07) is 7.34. The van der Waals surface area contributed by atoms with E-state index in [4.69, 9.17) is 9.47 Å². The summed E-state index contributed by atoms with van der Waals surface area (Å²) in [5.74, 6) is -0.160. The summed E-state index contributed by atoms with van der Waals surface area (Å²) < 4.78 is 11.4. The van der Waals surface area contributed by atoms with Gasteiger partial charge in [-0.3, -0.25) is 4.79 Å². The van der Waals surface area contributed by atoms with Crippen LogP contribution in [0.5, 0.6) is 5.75 Å². The Balaban J connectivity index is 1.96. The second-order valence-corrected chi connectivity index (χ2v) is 6.37. The number of carbonyl (C=O) groups is 2. The number of rotatable bonds is 4. The molecule has 1 aromatic carbocycles. The zero-order valence-electron chi connectivity index (χ0n) is 14.0. The van der Waals surface area contributed by atoms with Gasteiger partial charge < -0.3 is 9.47 Å². The van der Waals surface area contributed by atoms with Gasteiger partial charge in [-0.1, -0.05) is 18.7 Å². The highest BCUT2D eigenvalue weighted by atomic mass is 16.5. The molecule has 0 aromatic heterocycles. The summed E-state index contributed by atoms with van der Waals surface area (Å²) in [4.78, 5) is 25.2. The molecule has 1 aromatic rings. The smallest absolute Gasteiger partial charge is 0.341 e. The van der Waals surface area contributed by atoms with E-state index in [1.807, 2.05) is 18.2 Å². The van der Waals surface area contributed by atoms with Crippen LogP contribution < -0.4 is 4.74 Å². The molecule has 1 aliphatic carbocycles. The van der Waals surface area contributed by atoms with Gasteiger partial charge in [-0.25, -0.2) is 4.79 Å². The first-order valence-corrected chi connectivity index (χ1v) is 8.49. The Morgan fingerprint density at radius 1 is 1.38 bits per heavy atom. The van der Waals surface area contributed by atoms with Crippen molar-refractivity contribution in [3.05, 3.63) is 47.7 Å². The quantitative estimate of drug-likeness (QED) is 0.479. The number of fused-ring (bicyclic) bond motifs is 1. The maximum atomic E-state index is 13.1. The average Bonchev–Trinajstić information content (AvgIpc) is 3.04. The number of ether oxygens (including phenoxy) is 2. The van der Waals surface area contributed by atoms with Gasteiger partial charge in [0.2, 0.25) is 0 Å². The molecule has 0 unspecified atom stereocenters. The van der Waals surface area contributed by atoms with Gasteiger partial charge in [-0.05, 0) is 44.7 Å². The Morgan fingerprint density at radius 3 is 2.75 bits per heavy atom. The van der Waals surface area contributed by atoms with Crippen molar-refractivity contribution in [2.45, 2.75) is 44.6 Å². The first-order valence-electron chi connectivity index (χ1n) is 8.49. The molecule has 1 heterocycles. The lowest BCUT2D eigenvalue weighted by atomic mass is 9.74. The summed E-state index contributed by atoms with van der Waals surface area (Å²) in [6.45, 7) is 5.64. The van der Waals surface area contributed by atoms with Gasteiger partial charge in [-0.15, -0.1) is 5.73 Å². The van der Waals surface area contributed by atoms with Crippen molar-refractivity contribution in [2.24, 2.45) is 5.92 Å². The Labute approximate surface area is 142 Å². The van der Waals surface area contributed by atoms with Crippen LogP contribution in [-0.4, -0.2) is 24.0 Å². The molecule has 0 saturated heterocycles. The first kappa shape index (κ1) is 16.5. The lowest BCUT2D eigenvalue weighted by Gasteiger charge is -2.41. The number of hydrogen-bond acceptors (Lipinski definition) is 4. The molecule has 1 aliphatic heterocycles. The molecule has 126 valence electrons. The number of benzene rings is 1. The normalized spacial score (nSPS) is 20.9. The number of hydrogen-bond donors (Lipinski definition) is 0. The third kappa shape index (κ3) is 2.78. The fourth-order valence-corrected chi connectivity index (χ4v) is 3.83. The Kier molecular flexibility index (Phi) is 4.59. The van der Waals surface area contributed by atoms with Crippen molar-refractivity contribution in [3.63, 3.8) is 0 Å². The molecule has 1 spiro atoms. The van der Waals surface area contributed by atoms with Crippen LogP contribution >= 0.6 is 0 Å². The Morgan fingerprint density at radius 2 is 2.08 bits per heavy atom. The molecule has 1 atom stereocenters. The molecule has 4 nitrogen and oxygen atoms in total. The summed E-state index contributed by atoms with van der Waals surface area (Å²) in [5.41, 5.74) is 3.06. The van der Waals surface area contributed by atoms with Gasteiger partial charge in [-0.2, -0.15) is 0 Å². The van der Waals surface area contributed by atoms with E-state index < -0.39 is 17.5 Å². The van der Waals surface area contributed by atoms with E-state index >= 15 is 0 Å². The maximum absolute atomic E-state index is 13.1. The predicted octanol–water partition coefficient (Wildman–Crippen LogP) is 3.86. The van der Waals surface area contributed by atoms with Crippen molar-refractivity contribution < 1.29 is 19.1 Å². The summed E-state index contributed by atoms with van der Waals surface area (Å²) >= 11 is 0.